The molecule has 0 aliphatic carbocycles. The van der Waals surface area contributed by atoms with Crippen LogP contribution < -0.4 is 10.6 Å². The molecule has 0 saturated carbocycles. The molecule has 0 saturated heterocycles. The molecule has 0 radical (unpaired) electrons. The molecule has 2 amide bonds. The molecular formula is C26H19N3O3. The number of carbonyl (C=O) groups excluding carboxylic acids is 2. The number of hydrogen-bond acceptors (Lipinski definition) is 4. The Bertz CT molecular complexity index is 1380. The normalized spacial score (nSPS) is 15.3. The van der Waals surface area contributed by atoms with E-state index in [0.717, 1.165) is 16.5 Å². The maximum Gasteiger partial charge on any atom is 0.269 e. The van der Waals surface area contributed by atoms with Crippen molar-refractivity contribution >= 4 is 34.0 Å². The second-order valence-corrected chi connectivity index (χ2v) is 7.47. The third kappa shape index (κ3) is 3.58. The van der Waals surface area contributed by atoms with Crippen LogP contribution in [0.4, 0.5) is 5.69 Å². The summed E-state index contributed by atoms with van der Waals surface area (Å²) in [6.45, 7) is 0. The average molecular weight is 421 g/mol. The molecule has 1 atom stereocenters. The Hall–Kier alpha value is -4.45. The van der Waals surface area contributed by atoms with Gasteiger partial charge in [-0.2, -0.15) is 0 Å². The largest absolute Gasteiger partial charge is 0.508 e. The number of hydrogen-bond donors (Lipinski definition) is 3. The van der Waals surface area contributed by atoms with Gasteiger partial charge in [-0.15, -0.1) is 0 Å². The molecule has 0 bridgehead atoms. The van der Waals surface area contributed by atoms with Gasteiger partial charge in [0.1, 0.15) is 5.75 Å². The number of anilines is 1. The first-order valence-electron chi connectivity index (χ1n) is 10.2. The number of carbonyl (C=O) groups is 2. The van der Waals surface area contributed by atoms with Crippen LogP contribution in [-0.4, -0.2) is 28.8 Å². The van der Waals surface area contributed by atoms with Crippen LogP contribution in [0.15, 0.2) is 96.0 Å². The predicted octanol–water partition coefficient (Wildman–Crippen LogP) is 4.09. The lowest BCUT2D eigenvalue weighted by Gasteiger charge is -2.15. The molecule has 1 unspecified atom stereocenters. The van der Waals surface area contributed by atoms with Gasteiger partial charge in [0.05, 0.1) is 17.0 Å². The van der Waals surface area contributed by atoms with Crippen molar-refractivity contribution in [2.24, 2.45) is 4.99 Å². The summed E-state index contributed by atoms with van der Waals surface area (Å²) in [5, 5.41) is 17.1. The Labute approximate surface area is 184 Å². The van der Waals surface area contributed by atoms with Gasteiger partial charge in [0.25, 0.3) is 11.8 Å². The Morgan fingerprint density at radius 3 is 2.47 bits per heavy atom. The lowest BCUT2D eigenvalue weighted by molar-refractivity contribution is -0.117. The number of aliphatic imine (C=N–C) groups is 1. The second kappa shape index (κ2) is 8.00. The van der Waals surface area contributed by atoms with E-state index < -0.39 is 18.0 Å². The predicted molar refractivity (Wildman–Crippen MR) is 124 cm³/mol. The third-order valence-electron chi connectivity index (χ3n) is 5.35. The molecule has 6 heteroatoms. The van der Waals surface area contributed by atoms with Crippen LogP contribution in [0.2, 0.25) is 0 Å². The van der Waals surface area contributed by atoms with Crippen molar-refractivity contribution in [3.63, 3.8) is 0 Å². The van der Waals surface area contributed by atoms with Crippen molar-refractivity contribution in [1.82, 2.24) is 5.32 Å². The van der Waals surface area contributed by atoms with E-state index >= 15 is 0 Å². The van der Waals surface area contributed by atoms with E-state index in [0.29, 0.717) is 16.8 Å². The first-order valence-corrected chi connectivity index (χ1v) is 10.2. The van der Waals surface area contributed by atoms with Crippen LogP contribution in [0.3, 0.4) is 0 Å². The summed E-state index contributed by atoms with van der Waals surface area (Å²) in [4.78, 5) is 30.8. The van der Waals surface area contributed by atoms with E-state index in [-0.39, 0.29) is 11.3 Å². The SMILES string of the molecule is O=C(NC1N=C(c2ccccc2)c2ccccc2NC1=O)c1cc(O)cc2ccccc12. The summed E-state index contributed by atoms with van der Waals surface area (Å²) in [5.74, 6) is -0.972. The summed E-state index contributed by atoms with van der Waals surface area (Å²) in [6.07, 6.45) is -1.15. The number of fused-ring (bicyclic) bond motifs is 2. The zero-order valence-electron chi connectivity index (χ0n) is 16.9. The minimum Gasteiger partial charge on any atom is -0.508 e. The Morgan fingerprint density at radius 1 is 0.906 bits per heavy atom. The molecule has 1 aliphatic heterocycles. The van der Waals surface area contributed by atoms with Crippen LogP contribution in [-0.2, 0) is 4.79 Å². The number of para-hydroxylation sites is 1. The minimum atomic E-state index is -1.15. The molecule has 32 heavy (non-hydrogen) atoms. The summed E-state index contributed by atoms with van der Waals surface area (Å²) in [5.41, 5.74) is 3.10. The molecule has 1 heterocycles. The number of benzene rings is 4. The van der Waals surface area contributed by atoms with Crippen molar-refractivity contribution < 1.29 is 14.7 Å². The zero-order valence-corrected chi connectivity index (χ0v) is 16.9. The van der Waals surface area contributed by atoms with Crippen LogP contribution in [0, 0.1) is 0 Å². The van der Waals surface area contributed by atoms with Gasteiger partial charge in [-0.3, -0.25) is 9.59 Å². The topological polar surface area (TPSA) is 90.8 Å². The summed E-state index contributed by atoms with van der Waals surface area (Å²) < 4.78 is 0. The highest BCUT2D eigenvalue weighted by molar-refractivity contribution is 6.20. The maximum atomic E-state index is 13.2. The van der Waals surface area contributed by atoms with Crippen molar-refractivity contribution in [1.29, 1.82) is 0 Å². The molecule has 156 valence electrons. The number of rotatable bonds is 3. The molecule has 0 spiro atoms. The maximum absolute atomic E-state index is 13.2. The Kier molecular flexibility index (Phi) is 4.88. The van der Waals surface area contributed by atoms with Gasteiger partial charge in [-0.25, -0.2) is 4.99 Å². The summed E-state index contributed by atoms with van der Waals surface area (Å²) in [7, 11) is 0. The number of phenolic OH excluding ortho intramolecular Hbond substituents is 1. The van der Waals surface area contributed by atoms with Crippen LogP contribution in [0.1, 0.15) is 21.5 Å². The first-order chi connectivity index (χ1) is 15.6. The summed E-state index contributed by atoms with van der Waals surface area (Å²) >= 11 is 0. The number of nitrogens with zero attached hydrogens (tertiary/aromatic N) is 1. The molecule has 4 aromatic carbocycles. The lowest BCUT2D eigenvalue weighted by atomic mass is 10.0. The molecular weight excluding hydrogens is 402 g/mol. The fourth-order valence-corrected chi connectivity index (χ4v) is 3.87. The van der Waals surface area contributed by atoms with E-state index in [4.69, 9.17) is 0 Å². The highest BCUT2D eigenvalue weighted by atomic mass is 16.3. The second-order valence-electron chi connectivity index (χ2n) is 7.47. The van der Waals surface area contributed by atoms with Crippen molar-refractivity contribution in [3.05, 3.63) is 108 Å². The fourth-order valence-electron chi connectivity index (χ4n) is 3.87. The highest BCUT2D eigenvalue weighted by Gasteiger charge is 2.27. The van der Waals surface area contributed by atoms with Gasteiger partial charge in [-0.1, -0.05) is 72.8 Å². The lowest BCUT2D eigenvalue weighted by Crippen LogP contribution is -2.42. The number of benzodiazepines with no additional fused rings is 1. The molecule has 3 N–H and O–H groups in total. The van der Waals surface area contributed by atoms with Gasteiger partial charge in [-0.05, 0) is 29.0 Å². The van der Waals surface area contributed by atoms with Gasteiger partial charge >= 0.3 is 0 Å². The summed E-state index contributed by atoms with van der Waals surface area (Å²) in [6, 6.07) is 27.1. The standard InChI is InChI=1S/C26H19N3O3/c30-18-14-17-10-4-5-11-19(17)21(15-18)25(31)29-24-26(32)27-22-13-7-6-12-20(22)23(28-24)16-8-2-1-3-9-16/h1-15,24,30H,(H,27,32)(H,29,31). The van der Waals surface area contributed by atoms with Gasteiger partial charge in [0.15, 0.2) is 0 Å². The first kappa shape index (κ1) is 19.5. The molecule has 4 aromatic rings. The average Bonchev–Trinajstić information content (AvgIpc) is 2.95. The smallest absolute Gasteiger partial charge is 0.269 e. The van der Waals surface area contributed by atoms with E-state index in [9.17, 15) is 14.7 Å². The molecule has 0 aromatic heterocycles. The zero-order chi connectivity index (χ0) is 22.1. The Morgan fingerprint density at radius 2 is 1.62 bits per heavy atom. The van der Waals surface area contributed by atoms with Gasteiger partial charge in [0, 0.05) is 11.1 Å². The third-order valence-corrected chi connectivity index (χ3v) is 5.35. The number of aromatic hydroxyl groups is 1. The molecule has 1 aliphatic rings. The van der Waals surface area contributed by atoms with Crippen LogP contribution >= 0.6 is 0 Å². The van der Waals surface area contributed by atoms with Crippen molar-refractivity contribution in [2.75, 3.05) is 5.32 Å². The van der Waals surface area contributed by atoms with Gasteiger partial charge in [0.2, 0.25) is 6.17 Å². The molecule has 5 rings (SSSR count). The monoisotopic (exact) mass is 421 g/mol. The van der Waals surface area contributed by atoms with E-state index in [2.05, 4.69) is 15.6 Å². The van der Waals surface area contributed by atoms with Crippen LogP contribution in [0.5, 0.6) is 5.75 Å². The number of nitrogens with one attached hydrogen (secondary N) is 2. The van der Waals surface area contributed by atoms with E-state index in [1.54, 1.807) is 18.2 Å². The fraction of sp³-hybridized carbons (Fsp3) is 0.0385. The van der Waals surface area contributed by atoms with Crippen molar-refractivity contribution in [3.8, 4) is 5.75 Å². The molecule has 6 nitrogen and oxygen atoms in total. The quantitative estimate of drug-likeness (QED) is 0.465. The Balaban J connectivity index is 1.57. The highest BCUT2D eigenvalue weighted by Crippen LogP contribution is 2.26. The minimum absolute atomic E-state index is 0.0277. The van der Waals surface area contributed by atoms with E-state index in [1.165, 1.54) is 6.07 Å². The number of amides is 2. The molecule has 0 fully saturated rings. The van der Waals surface area contributed by atoms with Crippen LogP contribution in [0.25, 0.3) is 10.8 Å². The van der Waals surface area contributed by atoms with Crippen molar-refractivity contribution in [2.45, 2.75) is 6.17 Å². The number of phenols is 1. The van der Waals surface area contributed by atoms with Gasteiger partial charge < -0.3 is 15.7 Å². The van der Waals surface area contributed by atoms with E-state index in [1.807, 2.05) is 66.7 Å².